The summed E-state index contributed by atoms with van der Waals surface area (Å²) in [5, 5.41) is 3.77. The van der Waals surface area contributed by atoms with Gasteiger partial charge in [0.15, 0.2) is 5.82 Å². The summed E-state index contributed by atoms with van der Waals surface area (Å²) in [7, 11) is 0. The topological polar surface area (TPSA) is 65.2 Å². The molecule has 0 bridgehead atoms. The van der Waals surface area contributed by atoms with Gasteiger partial charge in [-0.25, -0.2) is 0 Å². The second-order valence-corrected chi connectivity index (χ2v) is 3.31. The van der Waals surface area contributed by atoms with Crippen LogP contribution in [0, 0.1) is 0 Å². The van der Waals surface area contributed by atoms with Crippen molar-refractivity contribution in [3.63, 3.8) is 0 Å². The highest BCUT2D eigenvalue weighted by atomic mass is 16.5. The van der Waals surface area contributed by atoms with E-state index in [0.29, 0.717) is 18.1 Å². The quantitative estimate of drug-likeness (QED) is 0.657. The van der Waals surface area contributed by atoms with E-state index >= 15 is 0 Å². The zero-order valence-corrected chi connectivity index (χ0v) is 7.81. The van der Waals surface area contributed by atoms with Crippen molar-refractivity contribution in [2.45, 2.75) is 31.8 Å². The molecule has 0 saturated carbocycles. The Balaban J connectivity index is 1.91. The molecule has 0 N–H and O–H groups in total. The number of ether oxygens (including phenoxy) is 1. The van der Waals surface area contributed by atoms with Crippen LogP contribution in [0.25, 0.3) is 0 Å². The second-order valence-electron chi connectivity index (χ2n) is 3.31. The van der Waals surface area contributed by atoms with Gasteiger partial charge in [-0.3, -0.25) is 0 Å². The standard InChI is InChI=1S/C9H12N2O3/c12-4-3-9-10-8(11-14-9)6-7-2-1-5-13-7/h4,7H,1-3,5-6H2. The molecule has 1 unspecified atom stereocenters. The van der Waals surface area contributed by atoms with Crippen LogP contribution in [0.15, 0.2) is 4.52 Å². The highest BCUT2D eigenvalue weighted by Gasteiger charge is 2.18. The Bertz CT molecular complexity index is 305. The van der Waals surface area contributed by atoms with E-state index in [1.54, 1.807) is 0 Å². The van der Waals surface area contributed by atoms with E-state index in [2.05, 4.69) is 10.1 Å². The van der Waals surface area contributed by atoms with E-state index in [1.165, 1.54) is 0 Å². The van der Waals surface area contributed by atoms with Crippen molar-refractivity contribution >= 4 is 6.29 Å². The van der Waals surface area contributed by atoms with Crippen molar-refractivity contribution in [1.29, 1.82) is 0 Å². The molecule has 1 saturated heterocycles. The molecule has 0 aliphatic carbocycles. The molecule has 1 aromatic rings. The molecule has 1 aromatic heterocycles. The first kappa shape index (κ1) is 9.33. The summed E-state index contributed by atoms with van der Waals surface area (Å²) in [6, 6.07) is 0. The molecular weight excluding hydrogens is 184 g/mol. The lowest BCUT2D eigenvalue weighted by Gasteiger charge is -2.03. The number of carbonyl (C=O) groups is 1. The van der Waals surface area contributed by atoms with E-state index in [9.17, 15) is 4.79 Å². The molecule has 0 aromatic carbocycles. The molecule has 2 heterocycles. The Morgan fingerprint density at radius 3 is 3.21 bits per heavy atom. The molecule has 0 spiro atoms. The monoisotopic (exact) mass is 196 g/mol. The minimum atomic E-state index is 0.193. The number of carbonyl (C=O) groups excluding carboxylic acids is 1. The van der Waals surface area contributed by atoms with Crippen LogP contribution in [-0.2, 0) is 22.4 Å². The summed E-state index contributed by atoms with van der Waals surface area (Å²) in [5.74, 6) is 1.02. The van der Waals surface area contributed by atoms with Crippen LogP contribution in [0.5, 0.6) is 0 Å². The third-order valence-electron chi connectivity index (χ3n) is 2.20. The maximum Gasteiger partial charge on any atom is 0.233 e. The molecule has 14 heavy (non-hydrogen) atoms. The Kier molecular flexibility index (Phi) is 2.88. The first-order valence-corrected chi connectivity index (χ1v) is 4.75. The molecule has 1 atom stereocenters. The SMILES string of the molecule is O=CCc1nc(CC2CCCO2)no1. The largest absolute Gasteiger partial charge is 0.378 e. The van der Waals surface area contributed by atoms with Gasteiger partial charge in [-0.1, -0.05) is 5.16 Å². The van der Waals surface area contributed by atoms with Gasteiger partial charge in [0.05, 0.1) is 12.5 Å². The lowest BCUT2D eigenvalue weighted by atomic mass is 10.2. The predicted octanol–water partition coefficient (Wildman–Crippen LogP) is 0.532. The molecule has 76 valence electrons. The third-order valence-corrected chi connectivity index (χ3v) is 2.20. The third kappa shape index (κ3) is 2.17. The number of rotatable bonds is 4. The fourth-order valence-electron chi connectivity index (χ4n) is 1.54. The first-order chi connectivity index (χ1) is 6.88. The molecular formula is C9H12N2O3. The molecule has 0 amide bonds. The van der Waals surface area contributed by atoms with Gasteiger partial charge in [-0.15, -0.1) is 0 Å². The van der Waals surface area contributed by atoms with Gasteiger partial charge in [-0.05, 0) is 12.8 Å². The normalized spacial score (nSPS) is 21.3. The van der Waals surface area contributed by atoms with Crippen LogP contribution in [-0.4, -0.2) is 29.1 Å². The van der Waals surface area contributed by atoms with Gasteiger partial charge in [0.2, 0.25) is 5.89 Å². The van der Waals surface area contributed by atoms with E-state index in [1.807, 2.05) is 0 Å². The van der Waals surface area contributed by atoms with Gasteiger partial charge in [0.1, 0.15) is 6.29 Å². The van der Waals surface area contributed by atoms with Crippen LogP contribution >= 0.6 is 0 Å². The number of aldehydes is 1. The van der Waals surface area contributed by atoms with Gasteiger partial charge < -0.3 is 14.1 Å². The maximum absolute atomic E-state index is 10.2. The van der Waals surface area contributed by atoms with Crippen molar-refractivity contribution in [1.82, 2.24) is 10.1 Å². The molecule has 1 aliphatic rings. The Hall–Kier alpha value is -1.23. The molecule has 5 heteroatoms. The van der Waals surface area contributed by atoms with Gasteiger partial charge in [0, 0.05) is 13.0 Å². The summed E-state index contributed by atoms with van der Waals surface area (Å²) in [4.78, 5) is 14.3. The minimum absolute atomic E-state index is 0.193. The van der Waals surface area contributed by atoms with E-state index in [0.717, 1.165) is 25.7 Å². The smallest absolute Gasteiger partial charge is 0.233 e. The minimum Gasteiger partial charge on any atom is -0.378 e. The van der Waals surface area contributed by atoms with E-state index in [4.69, 9.17) is 9.26 Å². The zero-order chi connectivity index (χ0) is 9.80. The summed E-state index contributed by atoms with van der Waals surface area (Å²) >= 11 is 0. The van der Waals surface area contributed by atoms with Gasteiger partial charge >= 0.3 is 0 Å². The Morgan fingerprint density at radius 2 is 2.50 bits per heavy atom. The average molecular weight is 196 g/mol. The predicted molar refractivity (Wildman–Crippen MR) is 46.7 cm³/mol. The van der Waals surface area contributed by atoms with Crippen molar-refractivity contribution in [3.05, 3.63) is 11.7 Å². The zero-order valence-electron chi connectivity index (χ0n) is 7.81. The Labute approximate surface area is 81.4 Å². The first-order valence-electron chi connectivity index (χ1n) is 4.75. The summed E-state index contributed by atoms with van der Waals surface area (Å²) in [5.41, 5.74) is 0. The van der Waals surface area contributed by atoms with Crippen LogP contribution in [0.3, 0.4) is 0 Å². The summed E-state index contributed by atoms with van der Waals surface area (Å²) in [6.45, 7) is 0.823. The highest BCUT2D eigenvalue weighted by Crippen LogP contribution is 2.15. The van der Waals surface area contributed by atoms with Crippen molar-refractivity contribution < 1.29 is 14.1 Å². The lowest BCUT2D eigenvalue weighted by Crippen LogP contribution is -2.09. The lowest BCUT2D eigenvalue weighted by molar-refractivity contribution is -0.107. The van der Waals surface area contributed by atoms with E-state index < -0.39 is 0 Å². The summed E-state index contributed by atoms with van der Waals surface area (Å²) in [6.07, 6.45) is 4.00. The highest BCUT2D eigenvalue weighted by molar-refractivity contribution is 5.52. The molecule has 0 radical (unpaired) electrons. The summed E-state index contributed by atoms with van der Waals surface area (Å²) < 4.78 is 10.3. The molecule has 1 aliphatic heterocycles. The van der Waals surface area contributed by atoms with Gasteiger partial charge in [-0.2, -0.15) is 4.98 Å². The second kappa shape index (κ2) is 4.32. The van der Waals surface area contributed by atoms with Gasteiger partial charge in [0.25, 0.3) is 0 Å². The van der Waals surface area contributed by atoms with E-state index in [-0.39, 0.29) is 12.5 Å². The van der Waals surface area contributed by atoms with Crippen molar-refractivity contribution in [2.24, 2.45) is 0 Å². The molecule has 2 rings (SSSR count). The fraction of sp³-hybridized carbons (Fsp3) is 0.667. The van der Waals surface area contributed by atoms with Crippen LogP contribution < -0.4 is 0 Å². The fourth-order valence-corrected chi connectivity index (χ4v) is 1.54. The molecule has 5 nitrogen and oxygen atoms in total. The van der Waals surface area contributed by atoms with Crippen molar-refractivity contribution in [3.8, 4) is 0 Å². The van der Waals surface area contributed by atoms with Crippen LogP contribution in [0.2, 0.25) is 0 Å². The number of hydrogen-bond acceptors (Lipinski definition) is 5. The number of aromatic nitrogens is 2. The number of nitrogens with zero attached hydrogens (tertiary/aromatic N) is 2. The van der Waals surface area contributed by atoms with Crippen LogP contribution in [0.1, 0.15) is 24.6 Å². The maximum atomic E-state index is 10.2. The average Bonchev–Trinajstić information content (AvgIpc) is 2.79. The molecule has 1 fully saturated rings. The van der Waals surface area contributed by atoms with Crippen molar-refractivity contribution in [2.75, 3.05) is 6.61 Å². The number of hydrogen-bond donors (Lipinski definition) is 0. The van der Waals surface area contributed by atoms with Crippen LogP contribution in [0.4, 0.5) is 0 Å². The Morgan fingerprint density at radius 1 is 1.57 bits per heavy atom.